The summed E-state index contributed by atoms with van der Waals surface area (Å²) in [6.45, 7) is 4.17. The number of aryl methyl sites for hydroxylation is 2. The minimum atomic E-state index is 0.444. The minimum Gasteiger partial charge on any atom is -0.313 e. The molecule has 94 valence electrons. The number of aromatic nitrogens is 2. The SMILES string of the molecule is CCc1nnc(C)cc1C(CCC1CC1)NC. The quantitative estimate of drug-likeness (QED) is 0.821. The second-order valence-electron chi connectivity index (χ2n) is 5.10. The summed E-state index contributed by atoms with van der Waals surface area (Å²) < 4.78 is 0. The van der Waals surface area contributed by atoms with E-state index in [9.17, 15) is 0 Å². The third-order valence-electron chi connectivity index (χ3n) is 3.65. The van der Waals surface area contributed by atoms with Gasteiger partial charge in [-0.15, -0.1) is 0 Å². The van der Waals surface area contributed by atoms with Gasteiger partial charge in [0.1, 0.15) is 0 Å². The van der Waals surface area contributed by atoms with Crippen LogP contribution < -0.4 is 5.32 Å². The van der Waals surface area contributed by atoms with Crippen molar-refractivity contribution in [1.82, 2.24) is 15.5 Å². The molecular formula is C14H23N3. The fourth-order valence-corrected chi connectivity index (χ4v) is 2.37. The van der Waals surface area contributed by atoms with Crippen molar-refractivity contribution in [3.05, 3.63) is 23.0 Å². The lowest BCUT2D eigenvalue weighted by Crippen LogP contribution is -2.19. The molecule has 0 bridgehead atoms. The van der Waals surface area contributed by atoms with Gasteiger partial charge < -0.3 is 5.32 Å². The zero-order chi connectivity index (χ0) is 12.3. The standard InChI is InChI=1S/C14H23N3/c1-4-13-12(9-10(2)16-17-13)14(15-3)8-7-11-5-6-11/h9,11,14-15H,4-8H2,1-3H3. The minimum absolute atomic E-state index is 0.444. The van der Waals surface area contributed by atoms with Gasteiger partial charge in [0.05, 0.1) is 11.4 Å². The smallest absolute Gasteiger partial charge is 0.0676 e. The van der Waals surface area contributed by atoms with E-state index < -0.39 is 0 Å². The Hall–Kier alpha value is -0.960. The molecule has 3 heteroatoms. The summed E-state index contributed by atoms with van der Waals surface area (Å²) in [4.78, 5) is 0. The van der Waals surface area contributed by atoms with Crippen molar-refractivity contribution in [2.24, 2.45) is 5.92 Å². The summed E-state index contributed by atoms with van der Waals surface area (Å²) in [7, 11) is 2.05. The second kappa shape index (κ2) is 5.58. The first-order chi connectivity index (χ1) is 8.24. The van der Waals surface area contributed by atoms with Crippen LogP contribution in [0.1, 0.15) is 55.6 Å². The lowest BCUT2D eigenvalue weighted by molar-refractivity contribution is 0.499. The van der Waals surface area contributed by atoms with Crippen LogP contribution in [-0.2, 0) is 6.42 Å². The zero-order valence-corrected chi connectivity index (χ0v) is 11.2. The molecule has 0 saturated heterocycles. The third-order valence-corrected chi connectivity index (χ3v) is 3.65. The van der Waals surface area contributed by atoms with Gasteiger partial charge in [0.25, 0.3) is 0 Å². The number of nitrogens with one attached hydrogen (secondary N) is 1. The van der Waals surface area contributed by atoms with Crippen molar-refractivity contribution in [2.45, 2.75) is 52.0 Å². The van der Waals surface area contributed by atoms with E-state index in [0.717, 1.165) is 23.7 Å². The topological polar surface area (TPSA) is 37.8 Å². The van der Waals surface area contributed by atoms with E-state index in [1.54, 1.807) is 0 Å². The number of nitrogens with zero attached hydrogens (tertiary/aromatic N) is 2. The number of hydrogen-bond acceptors (Lipinski definition) is 3. The molecular weight excluding hydrogens is 210 g/mol. The van der Waals surface area contributed by atoms with E-state index in [-0.39, 0.29) is 0 Å². The Balaban J connectivity index is 2.12. The zero-order valence-electron chi connectivity index (χ0n) is 11.2. The van der Waals surface area contributed by atoms with Gasteiger partial charge in [-0.05, 0) is 50.8 Å². The Labute approximate surface area is 104 Å². The van der Waals surface area contributed by atoms with Gasteiger partial charge in [0.15, 0.2) is 0 Å². The van der Waals surface area contributed by atoms with Crippen molar-refractivity contribution < 1.29 is 0 Å². The third kappa shape index (κ3) is 3.25. The van der Waals surface area contributed by atoms with Gasteiger partial charge in [0, 0.05) is 6.04 Å². The van der Waals surface area contributed by atoms with E-state index in [0.29, 0.717) is 6.04 Å². The van der Waals surface area contributed by atoms with Crippen LogP contribution in [0.25, 0.3) is 0 Å². The Kier molecular flexibility index (Phi) is 4.11. The highest BCUT2D eigenvalue weighted by molar-refractivity contribution is 5.24. The molecule has 3 nitrogen and oxygen atoms in total. The summed E-state index contributed by atoms with van der Waals surface area (Å²) in [5.74, 6) is 0.992. The predicted octanol–water partition coefficient (Wildman–Crippen LogP) is 2.80. The molecule has 1 unspecified atom stereocenters. The van der Waals surface area contributed by atoms with E-state index in [4.69, 9.17) is 0 Å². The summed E-state index contributed by atoms with van der Waals surface area (Å²) in [5.41, 5.74) is 3.51. The van der Waals surface area contributed by atoms with E-state index in [1.165, 1.54) is 31.2 Å². The average molecular weight is 233 g/mol. The molecule has 1 saturated carbocycles. The maximum Gasteiger partial charge on any atom is 0.0676 e. The van der Waals surface area contributed by atoms with Gasteiger partial charge >= 0.3 is 0 Å². The summed E-state index contributed by atoms with van der Waals surface area (Å²) >= 11 is 0. The fourth-order valence-electron chi connectivity index (χ4n) is 2.37. The average Bonchev–Trinajstić information content (AvgIpc) is 3.14. The molecule has 0 aromatic carbocycles. The van der Waals surface area contributed by atoms with E-state index in [2.05, 4.69) is 28.5 Å². The molecule has 1 fully saturated rings. The molecule has 1 atom stereocenters. The lowest BCUT2D eigenvalue weighted by atomic mass is 9.98. The van der Waals surface area contributed by atoms with E-state index in [1.807, 2.05) is 14.0 Å². The van der Waals surface area contributed by atoms with Crippen LogP contribution in [0.4, 0.5) is 0 Å². The van der Waals surface area contributed by atoms with Crippen molar-refractivity contribution in [2.75, 3.05) is 7.05 Å². The maximum atomic E-state index is 4.32. The molecule has 1 aromatic heterocycles. The molecule has 2 rings (SSSR count). The van der Waals surface area contributed by atoms with Gasteiger partial charge in [-0.1, -0.05) is 19.8 Å². The van der Waals surface area contributed by atoms with Gasteiger partial charge in [0.2, 0.25) is 0 Å². The first kappa shape index (κ1) is 12.5. The second-order valence-corrected chi connectivity index (χ2v) is 5.10. The largest absolute Gasteiger partial charge is 0.313 e. The van der Waals surface area contributed by atoms with Crippen LogP contribution in [-0.4, -0.2) is 17.2 Å². The molecule has 17 heavy (non-hydrogen) atoms. The normalized spacial score (nSPS) is 17.1. The molecule has 1 aliphatic rings. The van der Waals surface area contributed by atoms with Crippen molar-refractivity contribution in [3.8, 4) is 0 Å². The Bertz CT molecular complexity index is 372. The van der Waals surface area contributed by atoms with E-state index >= 15 is 0 Å². The van der Waals surface area contributed by atoms with Gasteiger partial charge in [-0.25, -0.2) is 0 Å². The highest BCUT2D eigenvalue weighted by Gasteiger charge is 2.23. The lowest BCUT2D eigenvalue weighted by Gasteiger charge is -2.19. The Morgan fingerprint density at radius 3 is 2.76 bits per heavy atom. The molecule has 0 spiro atoms. The Morgan fingerprint density at radius 1 is 1.41 bits per heavy atom. The van der Waals surface area contributed by atoms with Crippen LogP contribution in [0.3, 0.4) is 0 Å². The van der Waals surface area contributed by atoms with Crippen LogP contribution in [0, 0.1) is 12.8 Å². The number of hydrogen-bond donors (Lipinski definition) is 1. The van der Waals surface area contributed by atoms with Crippen LogP contribution >= 0.6 is 0 Å². The van der Waals surface area contributed by atoms with Crippen molar-refractivity contribution in [1.29, 1.82) is 0 Å². The molecule has 0 radical (unpaired) electrons. The Morgan fingerprint density at radius 2 is 2.18 bits per heavy atom. The van der Waals surface area contributed by atoms with Crippen molar-refractivity contribution >= 4 is 0 Å². The molecule has 1 aliphatic carbocycles. The molecule has 1 heterocycles. The molecule has 0 aliphatic heterocycles. The van der Waals surface area contributed by atoms with Crippen LogP contribution in [0.15, 0.2) is 6.07 Å². The summed E-state index contributed by atoms with van der Waals surface area (Å²) in [6, 6.07) is 2.64. The van der Waals surface area contributed by atoms with Gasteiger partial charge in [-0.2, -0.15) is 10.2 Å². The first-order valence-electron chi connectivity index (χ1n) is 6.75. The number of rotatable bonds is 6. The van der Waals surface area contributed by atoms with Crippen LogP contribution in [0.2, 0.25) is 0 Å². The van der Waals surface area contributed by atoms with Gasteiger partial charge in [-0.3, -0.25) is 0 Å². The fraction of sp³-hybridized carbons (Fsp3) is 0.714. The highest BCUT2D eigenvalue weighted by Crippen LogP contribution is 2.36. The predicted molar refractivity (Wildman–Crippen MR) is 69.9 cm³/mol. The summed E-state index contributed by atoms with van der Waals surface area (Å²) in [5, 5.41) is 11.9. The molecule has 0 amide bonds. The first-order valence-corrected chi connectivity index (χ1v) is 6.75. The van der Waals surface area contributed by atoms with Crippen LogP contribution in [0.5, 0.6) is 0 Å². The summed E-state index contributed by atoms with van der Waals surface area (Å²) in [6.07, 6.45) is 6.40. The van der Waals surface area contributed by atoms with Crippen molar-refractivity contribution in [3.63, 3.8) is 0 Å². The highest BCUT2D eigenvalue weighted by atomic mass is 15.1. The molecule has 1 aromatic rings. The monoisotopic (exact) mass is 233 g/mol. The molecule has 1 N–H and O–H groups in total. The maximum absolute atomic E-state index is 4.32.